The molecule has 0 fully saturated rings. The van der Waals surface area contributed by atoms with Crippen molar-refractivity contribution in [3.8, 4) is 0 Å². The SMILES string of the molecule is CCCCCC(=O)n1nc(C)c(Cc2c[nH]c3ncccc23)c1C.CCCCS(=O)(=O)n1nc(C)c(Cc2c[nH]c3ncccc23)c1C.Cc1nn(C(=O)CCCc2ccccc2)c(C)c1Cc1c[nH]c2ncccc12. The van der Waals surface area contributed by atoms with Crippen LogP contribution in [0.15, 0.2) is 104 Å². The van der Waals surface area contributed by atoms with Crippen LogP contribution >= 0.6 is 0 Å². The number of pyridine rings is 3. The first kappa shape index (κ1) is 54.5. The van der Waals surface area contributed by atoms with Crippen LogP contribution in [0.1, 0.15) is 148 Å². The highest BCUT2D eigenvalue weighted by atomic mass is 32.2. The highest BCUT2D eigenvalue weighted by molar-refractivity contribution is 7.89. The van der Waals surface area contributed by atoms with E-state index in [2.05, 4.69) is 76.4 Å². The molecule has 3 N–H and O–H groups in total. The van der Waals surface area contributed by atoms with Gasteiger partial charge < -0.3 is 15.0 Å². The predicted octanol–water partition coefficient (Wildman–Crippen LogP) is 11.8. The van der Waals surface area contributed by atoms with Crippen molar-refractivity contribution in [3.63, 3.8) is 0 Å². The highest BCUT2D eigenvalue weighted by Crippen LogP contribution is 2.27. The van der Waals surface area contributed by atoms with Crippen molar-refractivity contribution < 1.29 is 18.0 Å². The maximum absolute atomic E-state index is 12.7. The normalized spacial score (nSPS) is 11.5. The van der Waals surface area contributed by atoms with Crippen LogP contribution in [0.3, 0.4) is 0 Å². The summed E-state index contributed by atoms with van der Waals surface area (Å²) in [4.78, 5) is 47.7. The van der Waals surface area contributed by atoms with Crippen molar-refractivity contribution in [2.24, 2.45) is 0 Å². The van der Waals surface area contributed by atoms with E-state index < -0.39 is 10.0 Å². The van der Waals surface area contributed by atoms with Gasteiger partial charge in [0.2, 0.25) is 11.8 Å². The van der Waals surface area contributed by atoms with E-state index in [0.717, 1.165) is 135 Å². The van der Waals surface area contributed by atoms with Gasteiger partial charge in [0.25, 0.3) is 10.0 Å². The molecule has 0 saturated heterocycles. The molecule has 0 aliphatic carbocycles. The summed E-state index contributed by atoms with van der Waals surface area (Å²) in [6.45, 7) is 15.7. The molecule has 396 valence electrons. The lowest BCUT2D eigenvalue weighted by molar-refractivity contribution is 0.0872. The number of hydrogen-bond acceptors (Lipinski definition) is 10. The number of aromatic amines is 3. The van der Waals surface area contributed by atoms with Crippen LogP contribution in [0.5, 0.6) is 0 Å². The summed E-state index contributed by atoms with van der Waals surface area (Å²) in [5.74, 6) is 0.279. The minimum atomic E-state index is -3.39. The Balaban J connectivity index is 0.000000152. The summed E-state index contributed by atoms with van der Waals surface area (Å²) in [6.07, 6.45) is 20.8. The summed E-state index contributed by atoms with van der Waals surface area (Å²) >= 11 is 0. The molecule has 0 spiro atoms. The van der Waals surface area contributed by atoms with Gasteiger partial charge >= 0.3 is 0 Å². The first-order chi connectivity index (χ1) is 36.7. The van der Waals surface area contributed by atoms with Crippen LogP contribution in [0, 0.1) is 41.5 Å². The number of unbranched alkanes of at least 4 members (excludes halogenated alkanes) is 3. The van der Waals surface area contributed by atoms with Gasteiger partial charge in [-0.05, 0) is 126 Å². The summed E-state index contributed by atoms with van der Waals surface area (Å²) in [6, 6.07) is 22.2. The first-order valence-corrected chi connectivity index (χ1v) is 28.0. The van der Waals surface area contributed by atoms with E-state index in [9.17, 15) is 18.0 Å². The third-order valence-electron chi connectivity index (χ3n) is 14.2. The topological polar surface area (TPSA) is 208 Å². The fourth-order valence-electron chi connectivity index (χ4n) is 9.81. The fourth-order valence-corrected chi connectivity index (χ4v) is 11.4. The smallest absolute Gasteiger partial charge is 0.254 e. The number of aromatic nitrogens is 12. The van der Waals surface area contributed by atoms with Gasteiger partial charge in [-0.2, -0.15) is 19.4 Å². The van der Waals surface area contributed by atoms with Gasteiger partial charge in [0.15, 0.2) is 0 Å². The van der Waals surface area contributed by atoms with E-state index in [1.165, 1.54) is 20.8 Å². The Morgan fingerprint density at radius 3 is 1.37 bits per heavy atom. The summed E-state index contributed by atoms with van der Waals surface area (Å²) in [7, 11) is -3.39. The second-order valence-electron chi connectivity index (χ2n) is 19.5. The van der Waals surface area contributed by atoms with Gasteiger partial charge in [0, 0.05) is 114 Å². The number of benzene rings is 1. The Morgan fingerprint density at radius 2 is 0.921 bits per heavy atom. The van der Waals surface area contributed by atoms with E-state index in [1.54, 1.807) is 28.0 Å². The molecule has 0 atom stereocenters. The van der Waals surface area contributed by atoms with Gasteiger partial charge in [0.05, 0.1) is 28.5 Å². The van der Waals surface area contributed by atoms with Crippen LogP contribution in [-0.4, -0.2) is 84.6 Å². The molecule has 0 aliphatic rings. The van der Waals surface area contributed by atoms with Crippen molar-refractivity contribution >= 4 is 54.9 Å². The lowest BCUT2D eigenvalue weighted by Crippen LogP contribution is -2.19. The molecule has 10 aromatic rings. The zero-order chi connectivity index (χ0) is 53.9. The Labute approximate surface area is 444 Å². The van der Waals surface area contributed by atoms with Crippen molar-refractivity contribution in [1.82, 2.24) is 58.7 Å². The zero-order valence-corrected chi connectivity index (χ0v) is 45.9. The third-order valence-corrected chi connectivity index (χ3v) is 15.9. The molecular formula is C59H70N12O4S. The Morgan fingerprint density at radius 1 is 0.500 bits per heavy atom. The van der Waals surface area contributed by atoms with Crippen molar-refractivity contribution in [2.75, 3.05) is 5.75 Å². The lowest BCUT2D eigenvalue weighted by Gasteiger charge is -2.06. The predicted molar refractivity (Wildman–Crippen MR) is 301 cm³/mol. The van der Waals surface area contributed by atoms with E-state index in [1.807, 2.05) is 110 Å². The first-order valence-electron chi connectivity index (χ1n) is 26.4. The summed E-state index contributed by atoms with van der Waals surface area (Å²) in [5, 5.41) is 16.6. The number of nitrogens with one attached hydrogen (secondary N) is 3. The molecule has 0 aliphatic heterocycles. The molecule has 16 nitrogen and oxygen atoms in total. The standard InChI is InChI=1S/C23H24N4O.C19H24N4O.C17H22N4O2S/c1-16-21(14-19-15-25-23-20(19)11-7-13-24-23)17(2)27(26-16)22(28)12-6-10-18-8-4-3-5-9-18;1-4-5-6-9-18(24)23-14(3)17(13(2)22-23)11-15-12-21-19-16(15)8-7-10-20-19;1-4-5-9-24(22,23)21-13(3)16(12(2)20-21)10-14-11-19-17-15(14)7-6-8-18-17/h3-5,7-9,11,13,15H,6,10,12,14H2,1-2H3,(H,24,25);7-8,10,12H,4-6,9,11H2,1-3H3,(H,20,21);6-8,11H,4-5,9-10H2,1-3H3,(H,18,19). The molecule has 0 radical (unpaired) electrons. The summed E-state index contributed by atoms with van der Waals surface area (Å²) in [5.41, 5.74) is 15.7. The van der Waals surface area contributed by atoms with Crippen LogP contribution in [-0.2, 0) is 35.7 Å². The van der Waals surface area contributed by atoms with Crippen molar-refractivity contribution in [3.05, 3.63) is 177 Å². The minimum Gasteiger partial charge on any atom is -0.346 e. The quantitative estimate of drug-likeness (QED) is 0.0693. The fraction of sp³-hybridized carbons (Fsp3) is 0.356. The molecule has 0 amide bonds. The number of nitrogens with zero attached hydrogens (tertiary/aromatic N) is 9. The average molecular weight is 1040 g/mol. The van der Waals surface area contributed by atoms with Gasteiger partial charge in [0.1, 0.15) is 16.9 Å². The number of fused-ring (bicyclic) bond motifs is 3. The van der Waals surface area contributed by atoms with Crippen LogP contribution in [0.25, 0.3) is 33.1 Å². The van der Waals surface area contributed by atoms with Gasteiger partial charge in [-0.1, -0.05) is 63.4 Å². The molecule has 17 heteroatoms. The Kier molecular flexibility index (Phi) is 17.7. The van der Waals surface area contributed by atoms with Crippen LogP contribution < -0.4 is 0 Å². The number of carbonyl (C=O) groups is 2. The minimum absolute atomic E-state index is 0.0587. The van der Waals surface area contributed by atoms with E-state index in [-0.39, 0.29) is 17.6 Å². The second-order valence-corrected chi connectivity index (χ2v) is 21.5. The average Bonchev–Trinajstić information content (AvgIpc) is 4.30. The molecule has 0 bridgehead atoms. The van der Waals surface area contributed by atoms with Gasteiger partial charge in [-0.25, -0.2) is 32.7 Å². The Bertz CT molecular complexity index is 3700. The molecule has 9 heterocycles. The second kappa shape index (κ2) is 24.7. The number of carbonyl (C=O) groups excluding carboxylic acids is 2. The number of hydrogen-bond donors (Lipinski definition) is 3. The van der Waals surface area contributed by atoms with E-state index in [0.29, 0.717) is 31.4 Å². The lowest BCUT2D eigenvalue weighted by atomic mass is 10.0. The zero-order valence-electron chi connectivity index (χ0n) is 45.1. The number of aryl methyl sites for hydroxylation is 4. The molecule has 0 saturated carbocycles. The largest absolute Gasteiger partial charge is 0.346 e. The van der Waals surface area contributed by atoms with Crippen LogP contribution in [0.4, 0.5) is 0 Å². The van der Waals surface area contributed by atoms with Crippen molar-refractivity contribution in [2.45, 2.75) is 132 Å². The van der Waals surface area contributed by atoms with Crippen molar-refractivity contribution in [1.29, 1.82) is 0 Å². The molecule has 76 heavy (non-hydrogen) atoms. The third kappa shape index (κ3) is 12.5. The molecule has 10 rings (SSSR count). The van der Waals surface area contributed by atoms with E-state index in [4.69, 9.17) is 0 Å². The van der Waals surface area contributed by atoms with Gasteiger partial charge in [-0.3, -0.25) is 9.59 Å². The number of rotatable bonds is 18. The molecule has 0 unspecified atom stereocenters. The number of H-pyrrole nitrogens is 3. The Hall–Kier alpha value is -7.79. The molecule has 1 aromatic carbocycles. The molecule has 9 aromatic heterocycles. The summed E-state index contributed by atoms with van der Waals surface area (Å²) < 4.78 is 29.3. The van der Waals surface area contributed by atoms with Gasteiger partial charge in [-0.15, -0.1) is 0 Å². The monoisotopic (exact) mass is 1040 g/mol. The van der Waals surface area contributed by atoms with Crippen LogP contribution in [0.2, 0.25) is 0 Å². The van der Waals surface area contributed by atoms with E-state index >= 15 is 0 Å². The maximum atomic E-state index is 12.7. The maximum Gasteiger partial charge on any atom is 0.254 e. The highest BCUT2D eigenvalue weighted by Gasteiger charge is 2.23. The molecular weight excluding hydrogens is 973 g/mol.